The molecule has 1 fully saturated rings. The molecule has 0 aromatic heterocycles. The van der Waals surface area contributed by atoms with Crippen LogP contribution in [0.1, 0.15) is 19.3 Å². The third-order valence-electron chi connectivity index (χ3n) is 3.18. The molecule has 0 atom stereocenters. The summed E-state index contributed by atoms with van der Waals surface area (Å²) in [5.74, 6) is -0.744. The van der Waals surface area contributed by atoms with Gasteiger partial charge in [-0.05, 0) is 31.4 Å². The van der Waals surface area contributed by atoms with Gasteiger partial charge >= 0.3 is 0 Å². The van der Waals surface area contributed by atoms with Crippen LogP contribution in [0.5, 0.6) is 0 Å². The SMILES string of the molecule is NCC1(NS(=O)(=O)c2ccccc2F)CCC1. The molecule has 4 nitrogen and oxygen atoms in total. The molecular weight excluding hydrogens is 243 g/mol. The summed E-state index contributed by atoms with van der Waals surface area (Å²) in [5, 5.41) is 0. The van der Waals surface area contributed by atoms with Crippen LogP contribution in [0, 0.1) is 5.82 Å². The van der Waals surface area contributed by atoms with Gasteiger partial charge in [0.2, 0.25) is 10.0 Å². The van der Waals surface area contributed by atoms with Crippen molar-refractivity contribution >= 4 is 10.0 Å². The zero-order valence-electron chi connectivity index (χ0n) is 9.32. The summed E-state index contributed by atoms with van der Waals surface area (Å²) in [6.45, 7) is 0.237. The number of nitrogens with two attached hydrogens (primary N) is 1. The fraction of sp³-hybridized carbons (Fsp3) is 0.455. The summed E-state index contributed by atoms with van der Waals surface area (Å²) in [5.41, 5.74) is 4.99. The molecule has 0 amide bonds. The van der Waals surface area contributed by atoms with Gasteiger partial charge < -0.3 is 5.73 Å². The number of nitrogens with one attached hydrogen (secondary N) is 1. The number of hydrogen-bond acceptors (Lipinski definition) is 3. The second kappa shape index (κ2) is 4.36. The Morgan fingerprint density at radius 3 is 2.47 bits per heavy atom. The Kier molecular flexibility index (Phi) is 3.20. The zero-order valence-corrected chi connectivity index (χ0v) is 10.1. The van der Waals surface area contributed by atoms with Crippen molar-refractivity contribution in [3.05, 3.63) is 30.1 Å². The Morgan fingerprint density at radius 1 is 1.35 bits per heavy atom. The first-order valence-corrected chi connectivity index (χ1v) is 6.96. The fourth-order valence-corrected chi connectivity index (χ4v) is 3.50. The van der Waals surface area contributed by atoms with Crippen molar-refractivity contribution in [1.29, 1.82) is 0 Å². The van der Waals surface area contributed by atoms with E-state index in [4.69, 9.17) is 5.73 Å². The highest BCUT2D eigenvalue weighted by atomic mass is 32.2. The maximum absolute atomic E-state index is 13.4. The number of hydrogen-bond donors (Lipinski definition) is 2. The number of rotatable bonds is 4. The van der Waals surface area contributed by atoms with Gasteiger partial charge in [0.05, 0.1) is 0 Å². The van der Waals surface area contributed by atoms with Gasteiger partial charge in [0, 0.05) is 12.1 Å². The van der Waals surface area contributed by atoms with E-state index in [2.05, 4.69) is 4.72 Å². The lowest BCUT2D eigenvalue weighted by molar-refractivity contribution is 0.230. The summed E-state index contributed by atoms with van der Waals surface area (Å²) in [6, 6.07) is 5.33. The first-order valence-electron chi connectivity index (χ1n) is 5.48. The topological polar surface area (TPSA) is 72.2 Å². The first kappa shape index (κ1) is 12.5. The van der Waals surface area contributed by atoms with Gasteiger partial charge in [-0.3, -0.25) is 0 Å². The normalized spacial score (nSPS) is 18.7. The van der Waals surface area contributed by atoms with Crippen LogP contribution < -0.4 is 10.5 Å². The Morgan fingerprint density at radius 2 is 2.00 bits per heavy atom. The van der Waals surface area contributed by atoms with E-state index in [1.54, 1.807) is 0 Å². The maximum atomic E-state index is 13.4. The van der Waals surface area contributed by atoms with E-state index in [-0.39, 0.29) is 11.4 Å². The van der Waals surface area contributed by atoms with E-state index in [1.165, 1.54) is 18.2 Å². The average molecular weight is 258 g/mol. The number of benzene rings is 1. The summed E-state index contributed by atoms with van der Waals surface area (Å²) in [7, 11) is -3.83. The van der Waals surface area contributed by atoms with Crippen LogP contribution in [0.2, 0.25) is 0 Å². The summed E-state index contributed by atoms with van der Waals surface area (Å²) in [4.78, 5) is -0.320. The van der Waals surface area contributed by atoms with E-state index in [0.717, 1.165) is 12.5 Å². The Balaban J connectivity index is 2.29. The molecule has 0 radical (unpaired) electrons. The molecule has 0 bridgehead atoms. The van der Waals surface area contributed by atoms with E-state index in [9.17, 15) is 12.8 Å². The molecule has 1 saturated carbocycles. The molecule has 0 aliphatic heterocycles. The highest BCUT2D eigenvalue weighted by Crippen LogP contribution is 2.32. The van der Waals surface area contributed by atoms with Gasteiger partial charge in [-0.1, -0.05) is 12.1 Å². The predicted octanol–water partition coefficient (Wildman–Crippen LogP) is 0.985. The third-order valence-corrected chi connectivity index (χ3v) is 4.79. The molecule has 1 aromatic carbocycles. The minimum Gasteiger partial charge on any atom is -0.329 e. The Hall–Kier alpha value is -0.980. The van der Waals surface area contributed by atoms with Crippen molar-refractivity contribution in [3.8, 4) is 0 Å². The van der Waals surface area contributed by atoms with Gasteiger partial charge in [-0.15, -0.1) is 0 Å². The monoisotopic (exact) mass is 258 g/mol. The molecule has 3 N–H and O–H groups in total. The van der Waals surface area contributed by atoms with Gasteiger partial charge in [0.15, 0.2) is 0 Å². The summed E-state index contributed by atoms with van der Waals surface area (Å²) in [6.07, 6.45) is 2.35. The van der Waals surface area contributed by atoms with Crippen LogP contribution in [0.15, 0.2) is 29.2 Å². The molecule has 1 aromatic rings. The van der Waals surface area contributed by atoms with E-state index in [1.807, 2.05) is 0 Å². The van der Waals surface area contributed by atoms with Gasteiger partial charge in [0.25, 0.3) is 0 Å². The van der Waals surface area contributed by atoms with Crippen LogP contribution in [0.25, 0.3) is 0 Å². The van der Waals surface area contributed by atoms with Crippen LogP contribution in [0.3, 0.4) is 0 Å². The van der Waals surface area contributed by atoms with Crippen molar-refractivity contribution in [2.45, 2.75) is 29.7 Å². The molecule has 1 aliphatic carbocycles. The van der Waals surface area contributed by atoms with Crippen LogP contribution >= 0.6 is 0 Å². The zero-order chi connectivity index (χ0) is 12.5. The van der Waals surface area contributed by atoms with E-state index >= 15 is 0 Å². The Bertz CT molecular complexity index is 506. The highest BCUT2D eigenvalue weighted by molar-refractivity contribution is 7.89. The van der Waals surface area contributed by atoms with Crippen molar-refractivity contribution in [2.24, 2.45) is 5.73 Å². The molecule has 0 heterocycles. The number of sulfonamides is 1. The molecule has 1 aliphatic rings. The van der Waals surface area contributed by atoms with Gasteiger partial charge in [-0.25, -0.2) is 17.5 Å². The lowest BCUT2D eigenvalue weighted by Crippen LogP contribution is -2.58. The molecule has 94 valence electrons. The molecule has 0 unspecified atom stereocenters. The van der Waals surface area contributed by atoms with Crippen molar-refractivity contribution in [1.82, 2.24) is 4.72 Å². The molecule has 6 heteroatoms. The van der Waals surface area contributed by atoms with E-state index in [0.29, 0.717) is 12.8 Å². The lowest BCUT2D eigenvalue weighted by atomic mass is 9.78. The highest BCUT2D eigenvalue weighted by Gasteiger charge is 2.40. The molecule has 2 rings (SSSR count). The van der Waals surface area contributed by atoms with Crippen LogP contribution in [0.4, 0.5) is 4.39 Å². The summed E-state index contributed by atoms with van der Waals surface area (Å²) >= 11 is 0. The Labute approximate surface area is 100 Å². The van der Waals surface area contributed by atoms with Crippen LogP contribution in [-0.4, -0.2) is 20.5 Å². The second-order valence-corrected chi connectivity index (χ2v) is 6.02. The minimum atomic E-state index is -3.83. The largest absolute Gasteiger partial charge is 0.329 e. The molecule has 17 heavy (non-hydrogen) atoms. The second-order valence-electron chi connectivity index (χ2n) is 4.37. The van der Waals surface area contributed by atoms with Gasteiger partial charge in [0.1, 0.15) is 10.7 Å². The quantitative estimate of drug-likeness (QED) is 0.845. The molecule has 0 saturated heterocycles. The van der Waals surface area contributed by atoms with Crippen LogP contribution in [-0.2, 0) is 10.0 Å². The lowest BCUT2D eigenvalue weighted by Gasteiger charge is -2.41. The summed E-state index contributed by atoms with van der Waals surface area (Å²) < 4.78 is 40.0. The van der Waals surface area contributed by atoms with Crippen molar-refractivity contribution in [2.75, 3.05) is 6.54 Å². The standard InChI is InChI=1S/C11H15FN2O2S/c12-9-4-1-2-5-10(9)17(15,16)14-11(8-13)6-3-7-11/h1-2,4-5,14H,3,6-8,13H2. The predicted molar refractivity (Wildman–Crippen MR) is 62.4 cm³/mol. The van der Waals surface area contributed by atoms with E-state index < -0.39 is 21.4 Å². The maximum Gasteiger partial charge on any atom is 0.244 e. The fourth-order valence-electron chi connectivity index (χ4n) is 1.95. The molecular formula is C11H15FN2O2S. The average Bonchev–Trinajstić information content (AvgIpc) is 2.24. The minimum absolute atomic E-state index is 0.237. The molecule has 0 spiro atoms. The van der Waals surface area contributed by atoms with Gasteiger partial charge in [-0.2, -0.15) is 0 Å². The first-order chi connectivity index (χ1) is 7.99. The number of halogens is 1. The van der Waals surface area contributed by atoms with Crippen molar-refractivity contribution < 1.29 is 12.8 Å². The van der Waals surface area contributed by atoms with Crippen molar-refractivity contribution in [3.63, 3.8) is 0 Å². The third kappa shape index (κ3) is 2.34. The smallest absolute Gasteiger partial charge is 0.244 e.